The molecule has 8 heteroatoms. The Labute approximate surface area is 113 Å². The Morgan fingerprint density at radius 3 is 2.35 bits per heavy atom. The number of anilines is 1. The third kappa shape index (κ3) is 3.87. The first-order chi connectivity index (χ1) is 9.12. The monoisotopic (exact) mass is 290 g/mol. The van der Waals surface area contributed by atoms with Crippen molar-refractivity contribution in [1.82, 2.24) is 4.90 Å². The van der Waals surface area contributed by atoms with Crippen LogP contribution >= 0.6 is 0 Å². The molecule has 1 rings (SSSR count). The van der Waals surface area contributed by atoms with Crippen LogP contribution in [0.5, 0.6) is 0 Å². The minimum absolute atomic E-state index is 0.218. The molecule has 0 spiro atoms. The van der Waals surface area contributed by atoms with Crippen molar-refractivity contribution in [1.29, 1.82) is 0 Å². The first kappa shape index (κ1) is 15.8. The van der Waals surface area contributed by atoms with E-state index in [4.69, 9.17) is 5.73 Å². The molecule has 20 heavy (non-hydrogen) atoms. The fourth-order valence-corrected chi connectivity index (χ4v) is 1.26. The molecular formula is C12H13F3N2O3. The zero-order valence-electron chi connectivity index (χ0n) is 10.8. The highest BCUT2D eigenvalue weighted by Gasteiger charge is 2.31. The normalized spacial score (nSPS) is 11.1. The number of hydrogen-bond acceptors (Lipinski definition) is 4. The van der Waals surface area contributed by atoms with Crippen molar-refractivity contribution in [2.24, 2.45) is 0 Å². The lowest BCUT2D eigenvalue weighted by Crippen LogP contribution is -2.27. The Balaban J connectivity index is 2.82. The summed E-state index contributed by atoms with van der Waals surface area (Å²) in [5.74, 6) is -1.41. The zero-order valence-corrected chi connectivity index (χ0v) is 10.8. The lowest BCUT2D eigenvalue weighted by molar-refractivity contribution is -0.137. The van der Waals surface area contributed by atoms with Crippen LogP contribution in [0.3, 0.4) is 0 Å². The predicted octanol–water partition coefficient (Wildman–Crippen LogP) is 1.53. The van der Waals surface area contributed by atoms with Gasteiger partial charge in [-0.05, 0) is 18.2 Å². The molecule has 0 atom stereocenters. The maximum atomic E-state index is 12.4. The highest BCUT2D eigenvalue weighted by molar-refractivity contribution is 5.96. The Morgan fingerprint density at radius 1 is 1.30 bits per heavy atom. The lowest BCUT2D eigenvalue weighted by atomic mass is 10.1. The quantitative estimate of drug-likeness (QED) is 0.677. The first-order valence-electron chi connectivity index (χ1n) is 5.47. The maximum absolute atomic E-state index is 12.4. The summed E-state index contributed by atoms with van der Waals surface area (Å²) in [6.45, 7) is -0.508. The molecule has 0 saturated heterocycles. The van der Waals surface area contributed by atoms with Crippen molar-refractivity contribution >= 4 is 17.6 Å². The summed E-state index contributed by atoms with van der Waals surface area (Å²) in [6, 6.07) is 2.28. The number of amides is 1. The highest BCUT2D eigenvalue weighted by atomic mass is 19.4. The van der Waals surface area contributed by atoms with E-state index < -0.39 is 30.2 Å². The number of carbonyl (C=O) groups is 2. The van der Waals surface area contributed by atoms with Gasteiger partial charge in [-0.1, -0.05) is 0 Å². The van der Waals surface area contributed by atoms with Crippen LogP contribution in [0.25, 0.3) is 0 Å². The van der Waals surface area contributed by atoms with Gasteiger partial charge in [0.15, 0.2) is 6.61 Å². The summed E-state index contributed by atoms with van der Waals surface area (Å²) in [6.07, 6.45) is -4.54. The number of carbonyl (C=O) groups excluding carboxylic acids is 2. The van der Waals surface area contributed by atoms with Crippen LogP contribution in [0.15, 0.2) is 18.2 Å². The van der Waals surface area contributed by atoms with Crippen molar-refractivity contribution < 1.29 is 27.5 Å². The van der Waals surface area contributed by atoms with Gasteiger partial charge >= 0.3 is 12.1 Å². The molecule has 0 aliphatic heterocycles. The summed E-state index contributed by atoms with van der Waals surface area (Å²) in [7, 11) is 2.95. The molecule has 0 radical (unpaired) electrons. The third-order valence-corrected chi connectivity index (χ3v) is 2.42. The van der Waals surface area contributed by atoms with Gasteiger partial charge in [0, 0.05) is 19.8 Å². The standard InChI is InChI=1S/C12H13F3N2O3/c1-17(2)10(18)6-20-11(19)8-4-3-7(5-9(8)16)12(13,14)15/h3-5H,6,16H2,1-2H3. The van der Waals surface area contributed by atoms with Crippen molar-refractivity contribution in [3.05, 3.63) is 29.3 Å². The molecule has 0 saturated carbocycles. The molecule has 0 bridgehead atoms. The van der Waals surface area contributed by atoms with Gasteiger partial charge in [0.2, 0.25) is 0 Å². The molecule has 0 aromatic heterocycles. The van der Waals surface area contributed by atoms with E-state index in [-0.39, 0.29) is 11.3 Å². The summed E-state index contributed by atoms with van der Waals surface area (Å²) in [5.41, 5.74) is 3.85. The molecule has 0 unspecified atom stereocenters. The number of benzene rings is 1. The van der Waals surface area contributed by atoms with Crippen molar-refractivity contribution in [2.45, 2.75) is 6.18 Å². The van der Waals surface area contributed by atoms with E-state index in [1.165, 1.54) is 19.0 Å². The fraction of sp³-hybridized carbons (Fsp3) is 0.333. The molecule has 1 amide bonds. The number of halogens is 3. The van der Waals surface area contributed by atoms with Gasteiger partial charge in [-0.25, -0.2) is 4.79 Å². The van der Waals surface area contributed by atoms with Crippen LogP contribution in [0.1, 0.15) is 15.9 Å². The molecule has 2 N–H and O–H groups in total. The van der Waals surface area contributed by atoms with Gasteiger partial charge in [-0.2, -0.15) is 13.2 Å². The number of nitrogens with zero attached hydrogens (tertiary/aromatic N) is 1. The van der Waals surface area contributed by atoms with E-state index in [1.807, 2.05) is 0 Å². The van der Waals surface area contributed by atoms with Gasteiger partial charge in [-0.15, -0.1) is 0 Å². The van der Waals surface area contributed by atoms with Crippen LogP contribution in [-0.2, 0) is 15.7 Å². The average Bonchev–Trinajstić information content (AvgIpc) is 2.34. The van der Waals surface area contributed by atoms with E-state index >= 15 is 0 Å². The Morgan fingerprint density at radius 2 is 1.90 bits per heavy atom. The number of esters is 1. The molecule has 0 aliphatic carbocycles. The number of nitrogens with two attached hydrogens (primary N) is 1. The average molecular weight is 290 g/mol. The second-order valence-corrected chi connectivity index (χ2v) is 4.16. The van der Waals surface area contributed by atoms with Gasteiger partial charge in [-0.3, -0.25) is 4.79 Å². The summed E-state index contributed by atoms with van der Waals surface area (Å²) >= 11 is 0. The maximum Gasteiger partial charge on any atom is 0.416 e. The Hall–Kier alpha value is -2.25. The van der Waals surface area contributed by atoms with E-state index in [9.17, 15) is 22.8 Å². The largest absolute Gasteiger partial charge is 0.452 e. The number of hydrogen-bond donors (Lipinski definition) is 1. The van der Waals surface area contributed by atoms with Crippen LogP contribution in [0.2, 0.25) is 0 Å². The van der Waals surface area contributed by atoms with Gasteiger partial charge in [0.25, 0.3) is 5.91 Å². The SMILES string of the molecule is CN(C)C(=O)COC(=O)c1ccc(C(F)(F)F)cc1N. The molecule has 5 nitrogen and oxygen atoms in total. The lowest BCUT2D eigenvalue weighted by Gasteiger charge is -2.12. The molecule has 110 valence electrons. The fourth-order valence-electron chi connectivity index (χ4n) is 1.26. The highest BCUT2D eigenvalue weighted by Crippen LogP contribution is 2.31. The molecule has 0 heterocycles. The minimum atomic E-state index is -4.54. The number of nitrogen functional groups attached to an aromatic ring is 1. The second-order valence-electron chi connectivity index (χ2n) is 4.16. The predicted molar refractivity (Wildman–Crippen MR) is 64.8 cm³/mol. The van der Waals surface area contributed by atoms with Gasteiger partial charge in [0.1, 0.15) is 0 Å². The Kier molecular flexibility index (Phi) is 4.59. The molecule has 1 aromatic carbocycles. The topological polar surface area (TPSA) is 72.6 Å². The van der Waals surface area contributed by atoms with E-state index in [0.29, 0.717) is 6.07 Å². The number of alkyl halides is 3. The first-order valence-corrected chi connectivity index (χ1v) is 5.47. The third-order valence-electron chi connectivity index (χ3n) is 2.42. The number of likely N-dealkylation sites (N-methyl/N-ethyl adjacent to an activating group) is 1. The summed E-state index contributed by atoms with van der Waals surface area (Å²) in [4.78, 5) is 24.0. The van der Waals surface area contributed by atoms with E-state index in [2.05, 4.69) is 4.74 Å². The van der Waals surface area contributed by atoms with Crippen LogP contribution < -0.4 is 5.73 Å². The van der Waals surface area contributed by atoms with Crippen LogP contribution in [0, 0.1) is 0 Å². The van der Waals surface area contributed by atoms with Crippen molar-refractivity contribution in [3.63, 3.8) is 0 Å². The minimum Gasteiger partial charge on any atom is -0.452 e. The zero-order chi connectivity index (χ0) is 15.5. The van der Waals surface area contributed by atoms with Crippen molar-refractivity contribution in [2.75, 3.05) is 26.4 Å². The van der Waals surface area contributed by atoms with Crippen LogP contribution in [-0.4, -0.2) is 37.5 Å². The molecular weight excluding hydrogens is 277 g/mol. The van der Waals surface area contributed by atoms with E-state index in [0.717, 1.165) is 12.1 Å². The summed E-state index contributed by atoms with van der Waals surface area (Å²) < 4.78 is 41.9. The van der Waals surface area contributed by atoms with Crippen LogP contribution in [0.4, 0.5) is 18.9 Å². The molecule has 1 aromatic rings. The second kappa shape index (κ2) is 5.81. The van der Waals surface area contributed by atoms with Crippen molar-refractivity contribution in [3.8, 4) is 0 Å². The van der Waals surface area contributed by atoms with Gasteiger partial charge in [0.05, 0.1) is 11.1 Å². The number of ether oxygens (including phenoxy) is 1. The molecule has 0 aliphatic rings. The van der Waals surface area contributed by atoms with E-state index in [1.54, 1.807) is 0 Å². The summed E-state index contributed by atoms with van der Waals surface area (Å²) in [5, 5.41) is 0. The molecule has 0 fully saturated rings. The Bertz CT molecular complexity index is 527. The van der Waals surface area contributed by atoms with Gasteiger partial charge < -0.3 is 15.4 Å². The number of rotatable bonds is 3. The smallest absolute Gasteiger partial charge is 0.416 e.